The number of unbranched alkanes of at least 4 members (excludes halogenated alkanes) is 1. The van der Waals surface area contributed by atoms with E-state index >= 15 is 0 Å². The lowest BCUT2D eigenvalue weighted by Gasteiger charge is -2.25. The van der Waals surface area contributed by atoms with Gasteiger partial charge in [0, 0.05) is 72.6 Å². The van der Waals surface area contributed by atoms with E-state index in [0.29, 0.717) is 44.1 Å². The number of hydrogen-bond acceptors (Lipinski definition) is 10. The number of pyridine rings is 1. The summed E-state index contributed by atoms with van der Waals surface area (Å²) in [7, 11) is 1.68. The molecular weight excluding hydrogens is 572 g/mol. The number of aryl methyl sites for hydroxylation is 1. The Morgan fingerprint density at radius 3 is 2.71 bits per heavy atom. The summed E-state index contributed by atoms with van der Waals surface area (Å²) in [6.45, 7) is 12.4. The van der Waals surface area contributed by atoms with E-state index in [1.165, 1.54) is 0 Å². The van der Waals surface area contributed by atoms with Crippen LogP contribution in [-0.2, 0) is 38.4 Å². The third-order valence-corrected chi connectivity index (χ3v) is 8.25. The molecule has 3 aromatic heterocycles. The van der Waals surface area contributed by atoms with Crippen molar-refractivity contribution in [3.05, 3.63) is 53.7 Å². The summed E-state index contributed by atoms with van der Waals surface area (Å²) >= 11 is 0. The lowest BCUT2D eigenvalue weighted by atomic mass is 9.84. The van der Waals surface area contributed by atoms with Gasteiger partial charge in [-0.15, -0.1) is 10.2 Å². The van der Waals surface area contributed by atoms with E-state index in [-0.39, 0.29) is 29.8 Å². The molecule has 3 heterocycles. The van der Waals surface area contributed by atoms with Crippen LogP contribution in [0.5, 0.6) is 0 Å². The molecule has 0 fully saturated rings. The van der Waals surface area contributed by atoms with Crippen LogP contribution in [0.25, 0.3) is 33.6 Å². The first kappa shape index (κ1) is 34.0. The van der Waals surface area contributed by atoms with Crippen LogP contribution >= 0.6 is 0 Å². The van der Waals surface area contributed by atoms with Crippen LogP contribution in [0.3, 0.4) is 0 Å². The first-order chi connectivity index (χ1) is 21.6. The lowest BCUT2D eigenvalue weighted by Crippen LogP contribution is -2.23. The number of hydrazine groups is 1. The number of aromatic nitrogens is 4. The van der Waals surface area contributed by atoms with E-state index in [1.807, 2.05) is 26.0 Å². The molecule has 0 spiro atoms. The number of nitrogens with two attached hydrogens (primary N) is 1. The smallest absolute Gasteiger partial charge is 0.293 e. The van der Waals surface area contributed by atoms with Gasteiger partial charge in [-0.2, -0.15) is 0 Å². The van der Waals surface area contributed by atoms with E-state index < -0.39 is 0 Å². The molecule has 3 N–H and O–H groups in total. The summed E-state index contributed by atoms with van der Waals surface area (Å²) in [5.41, 5.74) is 8.11. The molecule has 45 heavy (non-hydrogen) atoms. The van der Waals surface area contributed by atoms with E-state index in [0.717, 1.165) is 58.4 Å². The zero-order valence-corrected chi connectivity index (χ0v) is 27.3. The van der Waals surface area contributed by atoms with Crippen LogP contribution in [0.15, 0.2) is 40.9 Å². The van der Waals surface area contributed by atoms with Gasteiger partial charge in [0.25, 0.3) is 6.47 Å². The maximum Gasteiger partial charge on any atom is 0.293 e. The van der Waals surface area contributed by atoms with E-state index in [9.17, 15) is 9.59 Å². The first-order valence-corrected chi connectivity index (χ1v) is 15.6. The number of fused-ring (bicyclic) bond motifs is 1. The molecule has 0 saturated heterocycles. The second kappa shape index (κ2) is 15.4. The summed E-state index contributed by atoms with van der Waals surface area (Å²) in [4.78, 5) is 28.4. The minimum Gasteiger partial charge on any atom is -0.467 e. The van der Waals surface area contributed by atoms with Crippen molar-refractivity contribution in [2.24, 2.45) is 17.2 Å². The number of ether oxygens (including phenoxy) is 2. The summed E-state index contributed by atoms with van der Waals surface area (Å²) < 4.78 is 19.3. The number of rotatable bonds is 18. The second-order valence-electron chi connectivity index (χ2n) is 12.3. The Balaban J connectivity index is 1.76. The molecule has 0 amide bonds. The lowest BCUT2D eigenvalue weighted by molar-refractivity contribution is -0.131. The second-order valence-corrected chi connectivity index (χ2v) is 12.3. The molecule has 11 nitrogen and oxygen atoms in total. The van der Waals surface area contributed by atoms with Crippen LogP contribution in [0, 0.1) is 11.3 Å². The molecule has 0 aliphatic heterocycles. The minimum atomic E-state index is -0.352. The van der Waals surface area contributed by atoms with Gasteiger partial charge in [0.05, 0.1) is 24.1 Å². The molecule has 0 bridgehead atoms. The number of nitrogens with one attached hydrogen (secondary N) is 1. The number of nitrogens with zero attached hydrogens (tertiary/aromatic N) is 4. The van der Waals surface area contributed by atoms with Crippen LogP contribution < -0.4 is 11.3 Å². The van der Waals surface area contributed by atoms with Gasteiger partial charge < -0.3 is 18.5 Å². The van der Waals surface area contributed by atoms with Crippen molar-refractivity contribution < 1.29 is 23.5 Å². The molecule has 0 aliphatic carbocycles. The molecule has 4 rings (SSSR count). The summed E-state index contributed by atoms with van der Waals surface area (Å²) in [5.74, 6) is 6.10. The van der Waals surface area contributed by atoms with Crippen molar-refractivity contribution in [1.82, 2.24) is 25.2 Å². The predicted molar refractivity (Wildman–Crippen MR) is 173 cm³/mol. The highest BCUT2D eigenvalue weighted by Crippen LogP contribution is 2.41. The summed E-state index contributed by atoms with van der Waals surface area (Å²) in [6.07, 6.45) is 4.72. The van der Waals surface area contributed by atoms with Gasteiger partial charge in [0.15, 0.2) is 0 Å². The number of Topliss-reactive ketones (excluding diaryl/α,β-unsaturated/α-hetero) is 1. The highest BCUT2D eigenvalue weighted by Gasteiger charge is 2.29. The Morgan fingerprint density at radius 1 is 1.20 bits per heavy atom. The molecule has 0 aliphatic rings. The quantitative estimate of drug-likeness (QED) is 0.0625. The Bertz CT molecular complexity index is 1590. The van der Waals surface area contributed by atoms with Gasteiger partial charge in [-0.05, 0) is 69.0 Å². The minimum absolute atomic E-state index is 0.171. The van der Waals surface area contributed by atoms with Gasteiger partial charge in [-0.25, -0.2) is 0 Å². The summed E-state index contributed by atoms with van der Waals surface area (Å²) in [5, 5.41) is 9.67. The van der Waals surface area contributed by atoms with E-state index in [4.69, 9.17) is 24.7 Å². The molecule has 2 atom stereocenters. The van der Waals surface area contributed by atoms with Crippen molar-refractivity contribution in [1.29, 1.82) is 0 Å². The molecular formula is C34H46N6O5. The van der Waals surface area contributed by atoms with Gasteiger partial charge in [-0.1, -0.05) is 20.8 Å². The Labute approximate surface area is 264 Å². The monoisotopic (exact) mass is 618 g/mol. The number of carbonyl (C=O) groups excluding carboxylic acids is 2. The Morgan fingerprint density at radius 2 is 2.00 bits per heavy atom. The fraction of sp³-hybridized carbons (Fsp3) is 0.500. The van der Waals surface area contributed by atoms with Crippen molar-refractivity contribution >= 4 is 23.2 Å². The van der Waals surface area contributed by atoms with Crippen molar-refractivity contribution in [3.63, 3.8) is 0 Å². The molecule has 0 saturated carbocycles. The van der Waals surface area contributed by atoms with Crippen molar-refractivity contribution in [3.8, 4) is 22.7 Å². The number of benzene rings is 1. The highest BCUT2D eigenvalue weighted by atomic mass is 16.5. The topological polar surface area (TPSA) is 147 Å². The Kier molecular flexibility index (Phi) is 11.6. The molecule has 11 heteroatoms. The van der Waals surface area contributed by atoms with Crippen LogP contribution in [0.2, 0.25) is 0 Å². The number of hydrogen-bond donors (Lipinski definition) is 2. The third kappa shape index (κ3) is 8.02. The number of ketones is 1. The number of carbonyl (C=O) groups is 2. The van der Waals surface area contributed by atoms with Crippen LogP contribution in [0.4, 0.5) is 0 Å². The number of methoxy groups -OCH3 is 1. The Hall–Kier alpha value is -3.93. The van der Waals surface area contributed by atoms with E-state index in [1.54, 1.807) is 13.3 Å². The molecule has 242 valence electrons. The maximum atomic E-state index is 12.6. The normalized spacial score (nSPS) is 13.2. The molecule has 1 aromatic carbocycles. The average Bonchev–Trinajstić information content (AvgIpc) is 3.63. The first-order valence-electron chi connectivity index (χ1n) is 15.6. The largest absolute Gasteiger partial charge is 0.467 e. The van der Waals surface area contributed by atoms with E-state index in [2.05, 4.69) is 59.2 Å². The van der Waals surface area contributed by atoms with Gasteiger partial charge in [-0.3, -0.25) is 25.8 Å². The average molecular weight is 619 g/mol. The van der Waals surface area contributed by atoms with Gasteiger partial charge >= 0.3 is 0 Å². The fourth-order valence-corrected chi connectivity index (χ4v) is 5.82. The van der Waals surface area contributed by atoms with Gasteiger partial charge in [0.1, 0.15) is 5.78 Å². The predicted octanol–water partition coefficient (Wildman–Crippen LogP) is 5.60. The fourth-order valence-electron chi connectivity index (χ4n) is 5.82. The summed E-state index contributed by atoms with van der Waals surface area (Å²) in [6, 6.07) is 10.2. The standard InChI is InChI=1S/C34H46N6O5/c1-7-40-28-14-13-24(33-39-38-30(45-33)17-22(2)29(42)12-8-9-16-37-35)18-26(28)27(19-34(4,5)20-44-21-41)32(40)25-11-10-15-36-31(25)23(3)43-6/h10-11,13-15,18,21-23,37H,7-9,12,16-17,19-20,35H2,1-6H3. The van der Waals surface area contributed by atoms with Crippen LogP contribution in [-0.4, -0.2) is 52.3 Å². The molecule has 0 radical (unpaired) electrons. The van der Waals surface area contributed by atoms with Crippen molar-refractivity contribution in [2.45, 2.75) is 79.4 Å². The van der Waals surface area contributed by atoms with Crippen LogP contribution in [0.1, 0.15) is 77.1 Å². The third-order valence-electron chi connectivity index (χ3n) is 8.25. The highest BCUT2D eigenvalue weighted by molar-refractivity contribution is 5.94. The van der Waals surface area contributed by atoms with Gasteiger partial charge in [0.2, 0.25) is 11.8 Å². The SMILES string of the molecule is CCn1c(-c2cccnc2C(C)OC)c(CC(C)(C)COC=O)c2cc(-c3nnc(CC(C)C(=O)CCCCNN)o3)ccc21. The van der Waals surface area contributed by atoms with Crippen molar-refractivity contribution in [2.75, 3.05) is 20.3 Å². The zero-order valence-electron chi connectivity index (χ0n) is 27.3. The maximum absolute atomic E-state index is 12.6. The molecule has 4 aromatic rings. The zero-order chi connectivity index (χ0) is 32.6. The molecule has 2 unspecified atom stereocenters.